The van der Waals surface area contributed by atoms with Crippen LogP contribution in [0.2, 0.25) is 5.02 Å². The second-order valence-electron chi connectivity index (χ2n) is 5.72. The summed E-state index contributed by atoms with van der Waals surface area (Å²) in [6.07, 6.45) is 3.44. The number of halogens is 1. The van der Waals surface area contributed by atoms with E-state index in [1.54, 1.807) is 24.5 Å². The molecule has 0 saturated heterocycles. The largest absolute Gasteiger partial charge is 0.419 e. The molecule has 1 unspecified atom stereocenters. The van der Waals surface area contributed by atoms with Gasteiger partial charge in [-0.25, -0.2) is 0 Å². The van der Waals surface area contributed by atoms with Crippen molar-refractivity contribution >= 4 is 24.2 Å². The molecule has 0 fully saturated rings. The molecule has 1 aromatic carbocycles. The number of pyridine rings is 1. The van der Waals surface area contributed by atoms with Gasteiger partial charge < -0.3 is 8.98 Å². The monoisotopic (exact) mass is 398 g/mol. The molecule has 7 nitrogen and oxygen atoms in total. The van der Waals surface area contributed by atoms with Crippen molar-refractivity contribution in [1.29, 1.82) is 0 Å². The number of hydrogen-bond acceptors (Lipinski definition) is 7. The average molecular weight is 399 g/mol. The van der Waals surface area contributed by atoms with E-state index in [0.29, 0.717) is 29.2 Å². The smallest absolute Gasteiger partial charge is 0.247 e. The van der Waals surface area contributed by atoms with Gasteiger partial charge in [0.25, 0.3) is 0 Å². The summed E-state index contributed by atoms with van der Waals surface area (Å²) in [5.74, 6) is 2.10. The molecule has 0 spiro atoms. The Morgan fingerprint density at radius 2 is 1.89 bits per heavy atom. The van der Waals surface area contributed by atoms with Crippen molar-refractivity contribution < 1.29 is 4.42 Å². The molecule has 0 aliphatic rings. The van der Waals surface area contributed by atoms with Gasteiger partial charge in [-0.2, -0.15) is 12.6 Å². The molecule has 0 N–H and O–H groups in total. The second kappa shape index (κ2) is 7.50. The summed E-state index contributed by atoms with van der Waals surface area (Å²) in [6, 6.07) is 11.0. The quantitative estimate of drug-likeness (QED) is 0.510. The van der Waals surface area contributed by atoms with Gasteiger partial charge in [0.1, 0.15) is 5.25 Å². The molecule has 1 atom stereocenters. The minimum Gasteiger partial charge on any atom is -0.419 e. The Balaban J connectivity index is 1.68. The lowest BCUT2D eigenvalue weighted by molar-refractivity contribution is 0.506. The van der Waals surface area contributed by atoms with Crippen molar-refractivity contribution in [2.75, 3.05) is 0 Å². The summed E-state index contributed by atoms with van der Waals surface area (Å²) in [5.41, 5.74) is 1.67. The van der Waals surface area contributed by atoms with Crippen LogP contribution in [0.3, 0.4) is 0 Å². The molecule has 0 aliphatic heterocycles. The number of rotatable bonds is 5. The van der Waals surface area contributed by atoms with Crippen LogP contribution in [0.5, 0.6) is 0 Å². The summed E-state index contributed by atoms with van der Waals surface area (Å²) in [5, 5.41) is 16.9. The summed E-state index contributed by atoms with van der Waals surface area (Å²) in [7, 11) is 0. The molecule has 136 valence electrons. The third-order valence-electron chi connectivity index (χ3n) is 4.02. The Morgan fingerprint density at radius 1 is 1.07 bits per heavy atom. The zero-order valence-corrected chi connectivity index (χ0v) is 16.0. The normalized spacial score (nSPS) is 12.3. The Bertz CT molecular complexity index is 1060. The lowest BCUT2D eigenvalue weighted by Crippen LogP contribution is -2.07. The zero-order valence-electron chi connectivity index (χ0n) is 14.3. The van der Waals surface area contributed by atoms with Crippen molar-refractivity contribution in [2.45, 2.75) is 18.7 Å². The lowest BCUT2D eigenvalue weighted by Gasteiger charge is -2.10. The van der Waals surface area contributed by atoms with Gasteiger partial charge in [0.15, 0.2) is 11.6 Å². The molecule has 4 aromatic rings. The van der Waals surface area contributed by atoms with E-state index in [-0.39, 0.29) is 0 Å². The molecular formula is C18H15ClN6OS. The molecule has 0 aliphatic carbocycles. The number of nitrogens with zero attached hydrogens (tertiary/aromatic N) is 6. The Kier molecular flexibility index (Phi) is 4.91. The van der Waals surface area contributed by atoms with Crippen molar-refractivity contribution in [2.24, 2.45) is 0 Å². The molecule has 0 radical (unpaired) electrons. The van der Waals surface area contributed by atoms with Crippen LogP contribution in [0.4, 0.5) is 0 Å². The fraction of sp³-hybridized carbons (Fsp3) is 0.167. The summed E-state index contributed by atoms with van der Waals surface area (Å²) in [6.45, 7) is 2.69. The van der Waals surface area contributed by atoms with E-state index in [2.05, 4.69) is 38.0 Å². The highest BCUT2D eigenvalue weighted by Crippen LogP contribution is 2.31. The van der Waals surface area contributed by atoms with Gasteiger partial charge in [-0.05, 0) is 37.3 Å². The van der Waals surface area contributed by atoms with Gasteiger partial charge >= 0.3 is 0 Å². The van der Waals surface area contributed by atoms with Crippen LogP contribution in [0.25, 0.3) is 22.8 Å². The van der Waals surface area contributed by atoms with Crippen molar-refractivity contribution in [3.8, 4) is 22.8 Å². The van der Waals surface area contributed by atoms with Crippen LogP contribution in [0, 0.1) is 0 Å². The molecule has 3 heterocycles. The Hall–Kier alpha value is -2.71. The predicted octanol–water partition coefficient (Wildman–Crippen LogP) is 4.08. The van der Waals surface area contributed by atoms with E-state index in [4.69, 9.17) is 16.0 Å². The molecular weight excluding hydrogens is 384 g/mol. The van der Waals surface area contributed by atoms with Gasteiger partial charge in [-0.15, -0.1) is 20.4 Å². The lowest BCUT2D eigenvalue weighted by atomic mass is 10.2. The number of thiol groups is 1. The van der Waals surface area contributed by atoms with Crippen molar-refractivity contribution in [3.05, 3.63) is 65.5 Å². The first-order chi connectivity index (χ1) is 13.2. The third kappa shape index (κ3) is 3.45. The fourth-order valence-corrected chi connectivity index (χ4v) is 3.22. The van der Waals surface area contributed by atoms with Crippen molar-refractivity contribution in [3.63, 3.8) is 0 Å². The summed E-state index contributed by atoms with van der Waals surface area (Å²) in [4.78, 5) is 4.04. The Morgan fingerprint density at radius 3 is 2.63 bits per heavy atom. The minimum absolute atomic E-state index is 0.344. The highest BCUT2D eigenvalue weighted by molar-refractivity contribution is 7.80. The average Bonchev–Trinajstić information content (AvgIpc) is 3.35. The van der Waals surface area contributed by atoms with Crippen LogP contribution in [0.1, 0.15) is 23.9 Å². The first-order valence-corrected chi connectivity index (χ1v) is 9.17. The first-order valence-electron chi connectivity index (χ1n) is 8.28. The van der Waals surface area contributed by atoms with E-state index in [1.165, 1.54) is 0 Å². The number of aromatic nitrogens is 6. The van der Waals surface area contributed by atoms with E-state index in [1.807, 2.05) is 35.8 Å². The summed E-state index contributed by atoms with van der Waals surface area (Å²) < 4.78 is 7.78. The maximum Gasteiger partial charge on any atom is 0.247 e. The number of hydrogen-bond donors (Lipinski definition) is 1. The van der Waals surface area contributed by atoms with Gasteiger partial charge in [-0.1, -0.05) is 17.7 Å². The zero-order chi connectivity index (χ0) is 18.8. The Labute approximate surface area is 165 Å². The molecule has 0 bridgehead atoms. The minimum atomic E-state index is -0.506. The molecule has 0 saturated carbocycles. The molecule has 0 amide bonds. The van der Waals surface area contributed by atoms with Gasteiger partial charge in [0, 0.05) is 35.1 Å². The topological polar surface area (TPSA) is 82.5 Å². The maximum atomic E-state index is 6.03. The second-order valence-corrected chi connectivity index (χ2v) is 6.67. The van der Waals surface area contributed by atoms with Crippen LogP contribution < -0.4 is 0 Å². The van der Waals surface area contributed by atoms with Crippen molar-refractivity contribution in [1.82, 2.24) is 29.9 Å². The summed E-state index contributed by atoms with van der Waals surface area (Å²) >= 11 is 10.7. The van der Waals surface area contributed by atoms with Crippen LogP contribution in [0.15, 0.2) is 53.2 Å². The van der Waals surface area contributed by atoms with Gasteiger partial charge in [0.2, 0.25) is 11.8 Å². The molecule has 9 heteroatoms. The molecule has 27 heavy (non-hydrogen) atoms. The van der Waals surface area contributed by atoms with E-state index >= 15 is 0 Å². The molecule has 4 rings (SSSR count). The predicted molar refractivity (Wildman–Crippen MR) is 104 cm³/mol. The van der Waals surface area contributed by atoms with Crippen LogP contribution in [-0.4, -0.2) is 29.9 Å². The van der Waals surface area contributed by atoms with E-state index in [0.717, 1.165) is 17.0 Å². The van der Waals surface area contributed by atoms with Crippen LogP contribution >= 0.6 is 24.2 Å². The highest BCUT2D eigenvalue weighted by Gasteiger charge is 2.25. The number of benzene rings is 1. The van der Waals surface area contributed by atoms with Crippen LogP contribution in [-0.2, 0) is 6.54 Å². The standard InChI is InChI=1S/C18H15ClN6OS/c1-2-25-15(11-6-8-20-9-7-11)21-22-16(25)14(27)18-24-23-17(26-18)12-4-3-5-13(19)10-12/h3-10,14,27H,2H2,1H3. The third-order valence-corrected chi connectivity index (χ3v) is 4.71. The molecule has 3 aromatic heterocycles. The maximum absolute atomic E-state index is 6.03. The first kappa shape index (κ1) is 17.7. The SMILES string of the molecule is CCn1c(-c2ccncc2)nnc1C(S)c1nnc(-c2cccc(Cl)c2)o1. The fourth-order valence-electron chi connectivity index (χ4n) is 2.74. The van der Waals surface area contributed by atoms with E-state index < -0.39 is 5.25 Å². The van der Waals surface area contributed by atoms with E-state index in [9.17, 15) is 0 Å². The highest BCUT2D eigenvalue weighted by atomic mass is 35.5. The van der Waals surface area contributed by atoms with Gasteiger partial charge in [0.05, 0.1) is 0 Å². The van der Waals surface area contributed by atoms with Gasteiger partial charge in [-0.3, -0.25) is 4.98 Å².